The number of hydrogen-bond donors (Lipinski definition) is 2. The Labute approximate surface area is 203 Å². The van der Waals surface area contributed by atoms with Gasteiger partial charge in [0.1, 0.15) is 6.04 Å². The molecule has 1 fully saturated rings. The molecule has 1 saturated heterocycles. The highest BCUT2D eigenvalue weighted by Gasteiger charge is 2.53. The summed E-state index contributed by atoms with van der Waals surface area (Å²) in [5, 5.41) is 12.4. The maximum atomic E-state index is 14.4. The highest BCUT2D eigenvalue weighted by Crippen LogP contribution is 2.37. The molecule has 1 unspecified atom stereocenters. The maximum Gasteiger partial charge on any atom is 0.338 e. The Kier molecular flexibility index (Phi) is 6.85. The van der Waals surface area contributed by atoms with Crippen molar-refractivity contribution >= 4 is 17.8 Å². The van der Waals surface area contributed by atoms with Crippen LogP contribution in [0.25, 0.3) is 0 Å². The average molecular weight is 509 g/mol. The molecule has 0 radical (unpaired) electrons. The van der Waals surface area contributed by atoms with Gasteiger partial charge in [0.2, 0.25) is 0 Å². The summed E-state index contributed by atoms with van der Waals surface area (Å²) in [6, 6.07) is -0.325. The molecule has 3 heterocycles. The van der Waals surface area contributed by atoms with Crippen molar-refractivity contribution in [3.05, 3.63) is 64.9 Å². The molecule has 2 atom stereocenters. The first-order valence-electron chi connectivity index (χ1n) is 11.1. The Bertz CT molecular complexity index is 1260. The Balaban J connectivity index is 1.86. The van der Waals surface area contributed by atoms with Gasteiger partial charge in [-0.25, -0.2) is 27.3 Å². The molecule has 36 heavy (non-hydrogen) atoms. The minimum Gasteiger partial charge on any atom is -0.480 e. The first-order chi connectivity index (χ1) is 17.0. The second-order valence-corrected chi connectivity index (χ2v) is 8.38. The fourth-order valence-electron chi connectivity index (χ4n) is 4.34. The molecule has 192 valence electrons. The zero-order chi connectivity index (χ0) is 26.2. The first kappa shape index (κ1) is 25.4. The van der Waals surface area contributed by atoms with E-state index >= 15 is 0 Å². The van der Waals surface area contributed by atoms with Crippen LogP contribution >= 0.6 is 0 Å². The lowest BCUT2D eigenvalue weighted by molar-refractivity contribution is -0.152. The molecule has 9 nitrogen and oxygen atoms in total. The zero-order valence-electron chi connectivity index (χ0n) is 19.3. The summed E-state index contributed by atoms with van der Waals surface area (Å²) in [5.74, 6) is -7.90. The number of rotatable bonds is 7. The summed E-state index contributed by atoms with van der Waals surface area (Å²) < 4.78 is 63.3. The number of hydrogen-bond acceptors (Lipinski definition) is 7. The lowest BCUT2D eigenvalue weighted by Crippen LogP contribution is -2.48. The molecule has 4 rings (SSSR count). The molecular formula is C23H23F4N5O4. The number of aliphatic carboxylic acids is 1. The van der Waals surface area contributed by atoms with Crippen LogP contribution < -0.4 is 5.32 Å². The van der Waals surface area contributed by atoms with Crippen molar-refractivity contribution in [3.8, 4) is 0 Å². The van der Waals surface area contributed by atoms with E-state index in [1.54, 1.807) is 24.7 Å². The third kappa shape index (κ3) is 4.70. The minimum atomic E-state index is -3.48. The van der Waals surface area contributed by atoms with Gasteiger partial charge < -0.3 is 19.7 Å². The van der Waals surface area contributed by atoms with Gasteiger partial charge in [0.05, 0.1) is 12.2 Å². The number of ether oxygens (including phenoxy) is 1. The number of amidine groups is 1. The van der Waals surface area contributed by atoms with Crippen LogP contribution in [-0.4, -0.2) is 69.0 Å². The van der Waals surface area contributed by atoms with Crippen molar-refractivity contribution in [2.45, 2.75) is 31.4 Å². The molecular weight excluding hydrogens is 486 g/mol. The van der Waals surface area contributed by atoms with E-state index in [-0.39, 0.29) is 35.8 Å². The van der Waals surface area contributed by atoms with Crippen LogP contribution in [0.15, 0.2) is 46.9 Å². The molecule has 0 bridgehead atoms. The van der Waals surface area contributed by atoms with Gasteiger partial charge in [-0.1, -0.05) is 6.07 Å². The fourth-order valence-corrected chi connectivity index (χ4v) is 4.34. The van der Waals surface area contributed by atoms with E-state index in [9.17, 15) is 32.3 Å². The zero-order valence-corrected chi connectivity index (χ0v) is 19.3. The van der Waals surface area contributed by atoms with Crippen molar-refractivity contribution in [3.63, 3.8) is 0 Å². The number of nitrogens with one attached hydrogen (secondary N) is 1. The number of carbonyl (C=O) groups excluding carboxylic acids is 1. The standard InChI is InChI=1S/C23H23F4N5O4/c1-3-36-22(35)16-15(11-32-8-6-23(26,27)18(32)21(33)34)29-19(20-28-7-9-31(20)2)30-17(16)12-4-5-13(24)14(25)10-12/h4-5,7,9-10,17-18H,3,6,8,11H2,1-2H3,(H,29,30)(H,33,34)/t17-,18?/m0/s1. The molecule has 1 aromatic carbocycles. The molecule has 13 heteroatoms. The van der Waals surface area contributed by atoms with Gasteiger partial charge in [-0.2, -0.15) is 0 Å². The smallest absolute Gasteiger partial charge is 0.338 e. The van der Waals surface area contributed by atoms with E-state index in [2.05, 4.69) is 15.3 Å². The van der Waals surface area contributed by atoms with E-state index in [0.29, 0.717) is 5.82 Å². The highest BCUT2D eigenvalue weighted by atomic mass is 19.3. The number of aryl methyl sites for hydroxylation is 1. The molecule has 0 aliphatic carbocycles. The number of nitrogens with zero attached hydrogens (tertiary/aromatic N) is 4. The minimum absolute atomic E-state index is 0.0322. The summed E-state index contributed by atoms with van der Waals surface area (Å²) in [7, 11) is 1.67. The predicted molar refractivity (Wildman–Crippen MR) is 118 cm³/mol. The van der Waals surface area contributed by atoms with Crippen LogP contribution in [0, 0.1) is 11.6 Å². The second kappa shape index (κ2) is 9.72. The Morgan fingerprint density at radius 1 is 1.28 bits per heavy atom. The topological polar surface area (TPSA) is 109 Å². The van der Waals surface area contributed by atoms with Crippen LogP contribution in [0.4, 0.5) is 17.6 Å². The van der Waals surface area contributed by atoms with Crippen LogP contribution in [0.5, 0.6) is 0 Å². The van der Waals surface area contributed by atoms with E-state index in [1.807, 2.05) is 0 Å². The van der Waals surface area contributed by atoms with E-state index < -0.39 is 54.5 Å². The van der Waals surface area contributed by atoms with Crippen molar-refractivity contribution < 1.29 is 37.0 Å². The van der Waals surface area contributed by atoms with Gasteiger partial charge in [-0.15, -0.1) is 0 Å². The van der Waals surface area contributed by atoms with Crippen LogP contribution in [-0.2, 0) is 21.4 Å². The number of carboxylic acids is 1. The molecule has 1 aromatic heterocycles. The van der Waals surface area contributed by atoms with Gasteiger partial charge in [0, 0.05) is 44.6 Å². The van der Waals surface area contributed by atoms with Crippen LogP contribution in [0.2, 0.25) is 0 Å². The van der Waals surface area contributed by atoms with Gasteiger partial charge >= 0.3 is 11.9 Å². The number of imidazole rings is 1. The van der Waals surface area contributed by atoms with Crippen molar-refractivity contribution in [2.75, 3.05) is 19.7 Å². The lowest BCUT2D eigenvalue weighted by atomic mass is 9.95. The molecule has 2 aromatic rings. The van der Waals surface area contributed by atoms with Crippen molar-refractivity contribution in [1.82, 2.24) is 19.8 Å². The number of aliphatic imine (C=N–C) groups is 1. The number of aromatic nitrogens is 2. The normalized spacial score (nSPS) is 21.8. The summed E-state index contributed by atoms with van der Waals surface area (Å²) in [6.45, 7) is 0.876. The maximum absolute atomic E-state index is 14.4. The molecule has 0 saturated carbocycles. The Morgan fingerprint density at radius 2 is 2.03 bits per heavy atom. The Morgan fingerprint density at radius 3 is 2.64 bits per heavy atom. The lowest BCUT2D eigenvalue weighted by Gasteiger charge is -2.31. The second-order valence-electron chi connectivity index (χ2n) is 8.38. The highest BCUT2D eigenvalue weighted by molar-refractivity contribution is 6.01. The summed E-state index contributed by atoms with van der Waals surface area (Å²) in [6.07, 6.45) is 2.43. The van der Waals surface area contributed by atoms with Crippen LogP contribution in [0.1, 0.15) is 30.8 Å². The number of likely N-dealkylation sites (tertiary alicyclic amines) is 1. The quantitative estimate of drug-likeness (QED) is 0.436. The average Bonchev–Trinajstić information content (AvgIpc) is 3.37. The number of carbonyl (C=O) groups is 2. The number of halogens is 4. The number of alkyl halides is 2. The SMILES string of the molecule is CCOC(=O)C1=C(CN2CCC(F)(F)C2C(=O)O)NC(c2nccn2C)=N[C@H]1c1ccc(F)c(F)c1. The van der Waals surface area contributed by atoms with Crippen molar-refractivity contribution in [2.24, 2.45) is 12.0 Å². The Hall–Kier alpha value is -3.74. The largest absolute Gasteiger partial charge is 0.480 e. The van der Waals surface area contributed by atoms with Crippen molar-refractivity contribution in [1.29, 1.82) is 0 Å². The predicted octanol–water partition coefficient (Wildman–Crippen LogP) is 2.40. The molecule has 0 spiro atoms. The molecule has 2 N–H and O–H groups in total. The van der Waals surface area contributed by atoms with E-state index in [0.717, 1.165) is 17.0 Å². The fraction of sp³-hybridized carbons (Fsp3) is 0.391. The molecule has 2 aliphatic heterocycles. The monoisotopic (exact) mass is 509 g/mol. The van der Waals surface area contributed by atoms with Crippen LogP contribution in [0.3, 0.4) is 0 Å². The first-order valence-corrected chi connectivity index (χ1v) is 11.1. The molecule has 0 amide bonds. The summed E-state index contributed by atoms with van der Waals surface area (Å²) in [4.78, 5) is 34.5. The third-order valence-corrected chi connectivity index (χ3v) is 6.01. The summed E-state index contributed by atoms with van der Waals surface area (Å²) >= 11 is 0. The molecule has 2 aliphatic rings. The van der Waals surface area contributed by atoms with Gasteiger partial charge in [-0.05, 0) is 24.6 Å². The number of carboxylic acid groups (broad SMARTS) is 1. The van der Waals surface area contributed by atoms with Gasteiger partial charge in [-0.3, -0.25) is 14.7 Å². The summed E-state index contributed by atoms with van der Waals surface area (Å²) in [5.41, 5.74) is 0.00417. The van der Waals surface area contributed by atoms with Gasteiger partial charge in [0.15, 0.2) is 29.3 Å². The third-order valence-electron chi connectivity index (χ3n) is 6.01. The van der Waals surface area contributed by atoms with Gasteiger partial charge in [0.25, 0.3) is 5.92 Å². The number of benzene rings is 1. The van der Waals surface area contributed by atoms with E-state index in [1.165, 1.54) is 12.3 Å². The van der Waals surface area contributed by atoms with E-state index in [4.69, 9.17) is 4.74 Å². The number of esters is 1.